The molecule has 0 aliphatic rings. The normalized spacial score (nSPS) is 11.8. The van der Waals surface area contributed by atoms with Crippen LogP contribution in [0.2, 0.25) is 0 Å². The fourth-order valence-electron chi connectivity index (χ4n) is 1.62. The van der Waals surface area contributed by atoms with Crippen molar-refractivity contribution in [1.82, 2.24) is 4.98 Å². The summed E-state index contributed by atoms with van der Waals surface area (Å²) in [6.07, 6.45) is 0. The van der Waals surface area contributed by atoms with Gasteiger partial charge >= 0.3 is 0 Å². The van der Waals surface area contributed by atoms with Crippen LogP contribution >= 0.6 is 11.3 Å². The Morgan fingerprint density at radius 3 is 2.47 bits per heavy atom. The van der Waals surface area contributed by atoms with Gasteiger partial charge in [0.2, 0.25) is 0 Å². The molecule has 0 atom stereocenters. The van der Waals surface area contributed by atoms with Gasteiger partial charge in [-0.3, -0.25) is 0 Å². The lowest BCUT2D eigenvalue weighted by Crippen LogP contribution is -2.21. The number of benzene rings is 1. The fourth-order valence-corrected chi connectivity index (χ4v) is 2.65. The van der Waals surface area contributed by atoms with E-state index in [-0.39, 0.29) is 12.0 Å². The van der Waals surface area contributed by atoms with E-state index in [9.17, 15) is 5.11 Å². The maximum Gasteiger partial charge on any atom is 0.101 e. The van der Waals surface area contributed by atoms with Gasteiger partial charge in [-0.1, -0.05) is 44.2 Å². The van der Waals surface area contributed by atoms with Gasteiger partial charge in [0.15, 0.2) is 0 Å². The van der Waals surface area contributed by atoms with E-state index in [0.717, 1.165) is 16.3 Å². The number of aliphatic hydroxyl groups is 1. The molecule has 2 aromatic rings. The van der Waals surface area contributed by atoms with E-state index in [0.29, 0.717) is 0 Å². The molecule has 17 heavy (non-hydrogen) atoms. The number of nitrogens with zero attached hydrogens (tertiary/aromatic N) is 1. The molecular formula is C14H17NOS. The Hall–Kier alpha value is -1.19. The first-order valence-corrected chi connectivity index (χ1v) is 6.50. The Kier molecular flexibility index (Phi) is 3.31. The van der Waals surface area contributed by atoms with E-state index in [1.54, 1.807) is 11.3 Å². The predicted octanol–water partition coefficient (Wildman–Crippen LogP) is 3.39. The number of rotatable bonds is 3. The summed E-state index contributed by atoms with van der Waals surface area (Å²) in [5.41, 5.74) is 1.91. The van der Waals surface area contributed by atoms with Crippen LogP contribution in [0.15, 0.2) is 30.3 Å². The minimum Gasteiger partial charge on any atom is -0.395 e. The topological polar surface area (TPSA) is 33.1 Å². The molecular weight excluding hydrogens is 230 g/mol. The standard InChI is InChI=1S/C14H17NOS/c1-10-12(11-7-5-4-6-8-11)15-13(17-10)14(2,3)9-16/h4-8,16H,9H2,1-3H3. The van der Waals surface area contributed by atoms with Crippen molar-refractivity contribution in [3.8, 4) is 11.3 Å². The van der Waals surface area contributed by atoms with Crippen LogP contribution in [0.25, 0.3) is 11.3 Å². The number of aromatic nitrogens is 1. The fraction of sp³-hybridized carbons (Fsp3) is 0.357. The molecule has 0 aliphatic heterocycles. The van der Waals surface area contributed by atoms with Crippen molar-refractivity contribution in [3.05, 3.63) is 40.2 Å². The largest absolute Gasteiger partial charge is 0.395 e. The van der Waals surface area contributed by atoms with Crippen LogP contribution in [0.5, 0.6) is 0 Å². The lowest BCUT2D eigenvalue weighted by Gasteiger charge is -2.17. The lowest BCUT2D eigenvalue weighted by atomic mass is 9.96. The molecule has 0 saturated carbocycles. The number of hydrogen-bond acceptors (Lipinski definition) is 3. The maximum atomic E-state index is 9.38. The SMILES string of the molecule is Cc1sc(C(C)(C)CO)nc1-c1ccccc1. The molecule has 1 aromatic carbocycles. The third-order valence-electron chi connectivity index (χ3n) is 2.82. The first kappa shape index (κ1) is 12.3. The van der Waals surface area contributed by atoms with E-state index in [4.69, 9.17) is 0 Å². The molecule has 1 N–H and O–H groups in total. The summed E-state index contributed by atoms with van der Waals surface area (Å²) in [4.78, 5) is 5.88. The Morgan fingerprint density at radius 1 is 1.24 bits per heavy atom. The molecule has 0 radical (unpaired) electrons. The quantitative estimate of drug-likeness (QED) is 0.902. The van der Waals surface area contributed by atoms with Gasteiger partial charge in [-0.05, 0) is 6.92 Å². The molecule has 0 unspecified atom stereocenters. The Labute approximate surface area is 106 Å². The Morgan fingerprint density at radius 2 is 1.88 bits per heavy atom. The third-order valence-corrected chi connectivity index (χ3v) is 4.15. The number of thiazole rings is 1. The van der Waals surface area contributed by atoms with E-state index in [1.165, 1.54) is 4.88 Å². The predicted molar refractivity (Wildman–Crippen MR) is 72.4 cm³/mol. The van der Waals surface area contributed by atoms with Crippen LogP contribution in [0, 0.1) is 6.92 Å². The van der Waals surface area contributed by atoms with Gasteiger partial charge in [-0.15, -0.1) is 11.3 Å². The van der Waals surface area contributed by atoms with Crippen molar-refractivity contribution in [2.45, 2.75) is 26.2 Å². The summed E-state index contributed by atoms with van der Waals surface area (Å²) in [5.74, 6) is 0. The maximum absolute atomic E-state index is 9.38. The molecule has 2 nitrogen and oxygen atoms in total. The molecule has 90 valence electrons. The summed E-state index contributed by atoms with van der Waals surface area (Å²) in [5, 5.41) is 10.4. The molecule has 0 fully saturated rings. The average Bonchev–Trinajstić information content (AvgIpc) is 2.73. The van der Waals surface area contributed by atoms with Gasteiger partial charge in [0, 0.05) is 15.9 Å². The highest BCUT2D eigenvalue weighted by molar-refractivity contribution is 7.12. The van der Waals surface area contributed by atoms with Gasteiger partial charge in [-0.2, -0.15) is 0 Å². The summed E-state index contributed by atoms with van der Waals surface area (Å²) in [6, 6.07) is 10.2. The zero-order valence-corrected chi connectivity index (χ0v) is 11.2. The Bertz CT molecular complexity index is 502. The van der Waals surface area contributed by atoms with Crippen molar-refractivity contribution in [1.29, 1.82) is 0 Å². The van der Waals surface area contributed by atoms with Crippen molar-refractivity contribution < 1.29 is 5.11 Å². The van der Waals surface area contributed by atoms with Gasteiger partial charge < -0.3 is 5.11 Å². The zero-order valence-electron chi connectivity index (χ0n) is 10.4. The third kappa shape index (κ3) is 2.40. The number of aliphatic hydroxyl groups excluding tert-OH is 1. The smallest absolute Gasteiger partial charge is 0.101 e. The summed E-state index contributed by atoms with van der Waals surface area (Å²) in [6.45, 7) is 6.23. The summed E-state index contributed by atoms with van der Waals surface area (Å²) < 4.78 is 0. The molecule has 1 heterocycles. The minimum absolute atomic E-state index is 0.119. The van der Waals surface area contributed by atoms with E-state index < -0.39 is 0 Å². The van der Waals surface area contributed by atoms with Gasteiger partial charge in [-0.25, -0.2) is 4.98 Å². The van der Waals surface area contributed by atoms with Crippen LogP contribution in [0.4, 0.5) is 0 Å². The Balaban J connectivity index is 2.45. The highest BCUT2D eigenvalue weighted by Gasteiger charge is 2.24. The van der Waals surface area contributed by atoms with Crippen molar-refractivity contribution in [3.63, 3.8) is 0 Å². The van der Waals surface area contributed by atoms with Crippen LogP contribution < -0.4 is 0 Å². The molecule has 0 amide bonds. The monoisotopic (exact) mass is 247 g/mol. The second-order valence-electron chi connectivity index (χ2n) is 4.83. The molecule has 3 heteroatoms. The van der Waals surface area contributed by atoms with E-state index in [2.05, 4.69) is 24.0 Å². The minimum atomic E-state index is -0.261. The first-order valence-electron chi connectivity index (χ1n) is 5.69. The number of aryl methyl sites for hydroxylation is 1. The highest BCUT2D eigenvalue weighted by Crippen LogP contribution is 2.33. The van der Waals surface area contributed by atoms with Crippen molar-refractivity contribution in [2.24, 2.45) is 0 Å². The van der Waals surface area contributed by atoms with Crippen LogP contribution in [-0.2, 0) is 5.41 Å². The van der Waals surface area contributed by atoms with Crippen LogP contribution in [0.3, 0.4) is 0 Å². The summed E-state index contributed by atoms with van der Waals surface area (Å²) >= 11 is 1.67. The molecule has 2 rings (SSSR count). The second-order valence-corrected chi connectivity index (χ2v) is 6.04. The van der Waals surface area contributed by atoms with Crippen molar-refractivity contribution >= 4 is 11.3 Å². The average molecular weight is 247 g/mol. The number of hydrogen-bond donors (Lipinski definition) is 1. The van der Waals surface area contributed by atoms with E-state index in [1.807, 2.05) is 32.0 Å². The van der Waals surface area contributed by atoms with Crippen LogP contribution in [0.1, 0.15) is 23.7 Å². The second kappa shape index (κ2) is 4.59. The van der Waals surface area contributed by atoms with Gasteiger partial charge in [0.1, 0.15) is 5.01 Å². The zero-order chi connectivity index (χ0) is 12.5. The first-order chi connectivity index (χ1) is 8.04. The highest BCUT2D eigenvalue weighted by atomic mass is 32.1. The van der Waals surface area contributed by atoms with Crippen LogP contribution in [-0.4, -0.2) is 16.7 Å². The molecule has 0 spiro atoms. The van der Waals surface area contributed by atoms with Gasteiger partial charge in [0.05, 0.1) is 12.3 Å². The lowest BCUT2D eigenvalue weighted by molar-refractivity contribution is 0.218. The van der Waals surface area contributed by atoms with E-state index >= 15 is 0 Å². The molecule has 0 bridgehead atoms. The van der Waals surface area contributed by atoms with Crippen molar-refractivity contribution in [2.75, 3.05) is 6.61 Å². The molecule has 0 saturated heterocycles. The molecule has 0 aliphatic carbocycles. The van der Waals surface area contributed by atoms with Gasteiger partial charge in [0.25, 0.3) is 0 Å². The molecule has 1 aromatic heterocycles. The summed E-state index contributed by atoms with van der Waals surface area (Å²) in [7, 11) is 0.